The van der Waals surface area contributed by atoms with Gasteiger partial charge in [-0.2, -0.15) is 0 Å². The number of amides is 1. The molecule has 0 spiro atoms. The molecule has 0 saturated carbocycles. The largest absolute Gasteiger partial charge is 0.506 e. The second-order valence-corrected chi connectivity index (χ2v) is 7.06. The molecular formula is C21H15BrFNO3. The summed E-state index contributed by atoms with van der Waals surface area (Å²) in [6.07, 6.45) is -0.829. The number of aromatic hydroxyl groups is 1. The number of hydrogen-bond acceptors (Lipinski definition) is 3. The molecule has 4 rings (SSSR count). The van der Waals surface area contributed by atoms with Crippen LogP contribution in [-0.2, 0) is 4.74 Å². The molecule has 0 aromatic heterocycles. The molecule has 0 bridgehead atoms. The van der Waals surface area contributed by atoms with Crippen molar-refractivity contribution in [2.45, 2.75) is 5.92 Å². The van der Waals surface area contributed by atoms with E-state index in [4.69, 9.17) is 4.74 Å². The Labute approximate surface area is 163 Å². The first kappa shape index (κ1) is 17.5. The first-order valence-electron chi connectivity index (χ1n) is 8.35. The zero-order valence-electron chi connectivity index (χ0n) is 14.1. The molecule has 0 radical (unpaired) electrons. The maximum atomic E-state index is 14.1. The van der Waals surface area contributed by atoms with E-state index in [-0.39, 0.29) is 28.4 Å². The number of fused-ring (bicyclic) bond motifs is 3. The van der Waals surface area contributed by atoms with Crippen LogP contribution in [0.4, 0.5) is 14.9 Å². The van der Waals surface area contributed by atoms with Crippen molar-refractivity contribution in [3.05, 3.63) is 82.1 Å². The molecule has 1 aliphatic rings. The molecule has 6 heteroatoms. The average molecular weight is 428 g/mol. The number of nitrogens with one attached hydrogen (secondary N) is 1. The Morgan fingerprint density at radius 2 is 1.63 bits per heavy atom. The highest BCUT2D eigenvalue weighted by molar-refractivity contribution is 9.10. The summed E-state index contributed by atoms with van der Waals surface area (Å²) in [6.45, 7) is 0.107. The molecule has 3 aromatic carbocycles. The van der Waals surface area contributed by atoms with E-state index in [1.165, 1.54) is 12.1 Å². The van der Waals surface area contributed by atoms with Gasteiger partial charge in [0.2, 0.25) is 0 Å². The number of anilines is 1. The van der Waals surface area contributed by atoms with Gasteiger partial charge in [0.25, 0.3) is 0 Å². The summed E-state index contributed by atoms with van der Waals surface area (Å²) < 4.78 is 19.6. The number of carbonyl (C=O) groups is 1. The van der Waals surface area contributed by atoms with E-state index in [1.807, 2.05) is 48.5 Å². The number of benzene rings is 3. The van der Waals surface area contributed by atoms with E-state index in [1.54, 1.807) is 0 Å². The van der Waals surface area contributed by atoms with Crippen molar-refractivity contribution in [1.29, 1.82) is 0 Å². The number of phenols is 1. The second kappa shape index (κ2) is 7.04. The van der Waals surface area contributed by atoms with Gasteiger partial charge in [-0.25, -0.2) is 9.18 Å². The maximum absolute atomic E-state index is 14.1. The molecule has 0 fully saturated rings. The SMILES string of the molecule is O=C(Nc1c(O)ccc(Br)c1F)OCC1c2ccccc2-c2ccccc21. The third kappa shape index (κ3) is 3.17. The summed E-state index contributed by atoms with van der Waals surface area (Å²) in [7, 11) is 0. The minimum absolute atomic E-state index is 0.0934. The number of halogens is 2. The third-order valence-electron chi connectivity index (χ3n) is 4.64. The van der Waals surface area contributed by atoms with Gasteiger partial charge in [-0.05, 0) is 50.3 Å². The van der Waals surface area contributed by atoms with Crippen molar-refractivity contribution in [1.82, 2.24) is 0 Å². The van der Waals surface area contributed by atoms with Crippen molar-refractivity contribution in [3.8, 4) is 16.9 Å². The van der Waals surface area contributed by atoms with E-state index in [9.17, 15) is 14.3 Å². The van der Waals surface area contributed by atoms with Crippen molar-refractivity contribution in [2.24, 2.45) is 0 Å². The van der Waals surface area contributed by atoms with Gasteiger partial charge in [-0.15, -0.1) is 0 Å². The summed E-state index contributed by atoms with van der Waals surface area (Å²) in [6, 6.07) is 18.6. The van der Waals surface area contributed by atoms with Crippen molar-refractivity contribution >= 4 is 27.7 Å². The second-order valence-electron chi connectivity index (χ2n) is 6.21. The fraction of sp³-hybridized carbons (Fsp3) is 0.0952. The molecule has 3 aromatic rings. The molecule has 0 heterocycles. The zero-order valence-corrected chi connectivity index (χ0v) is 15.7. The van der Waals surface area contributed by atoms with Crippen LogP contribution in [0.15, 0.2) is 65.1 Å². The molecule has 4 nitrogen and oxygen atoms in total. The molecule has 1 amide bonds. The average Bonchev–Trinajstić information content (AvgIpc) is 3.01. The van der Waals surface area contributed by atoms with Crippen molar-refractivity contribution in [3.63, 3.8) is 0 Å². The van der Waals surface area contributed by atoms with Crippen LogP contribution >= 0.6 is 15.9 Å². The molecule has 136 valence electrons. The monoisotopic (exact) mass is 427 g/mol. The van der Waals surface area contributed by atoms with Crippen LogP contribution in [0.2, 0.25) is 0 Å². The predicted molar refractivity (Wildman–Crippen MR) is 104 cm³/mol. The number of hydrogen-bond donors (Lipinski definition) is 2. The summed E-state index contributed by atoms with van der Waals surface area (Å²) >= 11 is 3.02. The Hall–Kier alpha value is -2.86. The minimum atomic E-state index is -0.829. The van der Waals surface area contributed by atoms with Crippen LogP contribution in [0.1, 0.15) is 17.0 Å². The lowest BCUT2D eigenvalue weighted by atomic mass is 9.98. The van der Waals surface area contributed by atoms with Gasteiger partial charge < -0.3 is 9.84 Å². The van der Waals surface area contributed by atoms with Crippen molar-refractivity contribution in [2.75, 3.05) is 11.9 Å². The van der Waals surface area contributed by atoms with E-state index >= 15 is 0 Å². The lowest BCUT2D eigenvalue weighted by Crippen LogP contribution is -2.18. The highest BCUT2D eigenvalue weighted by atomic mass is 79.9. The number of ether oxygens (including phenoxy) is 1. The van der Waals surface area contributed by atoms with Gasteiger partial charge in [0, 0.05) is 5.92 Å². The fourth-order valence-corrected chi connectivity index (χ4v) is 3.73. The Balaban J connectivity index is 1.53. The van der Waals surface area contributed by atoms with Crippen LogP contribution in [0.3, 0.4) is 0 Å². The minimum Gasteiger partial charge on any atom is -0.506 e. The first-order valence-corrected chi connectivity index (χ1v) is 9.14. The Morgan fingerprint density at radius 3 is 2.26 bits per heavy atom. The molecule has 2 N–H and O–H groups in total. The van der Waals surface area contributed by atoms with Gasteiger partial charge in [-0.3, -0.25) is 5.32 Å². The van der Waals surface area contributed by atoms with Crippen molar-refractivity contribution < 1.29 is 19.0 Å². The Kier molecular flexibility index (Phi) is 4.58. The van der Waals surface area contributed by atoms with Crippen LogP contribution in [0.25, 0.3) is 11.1 Å². The fourth-order valence-electron chi connectivity index (χ4n) is 3.40. The highest BCUT2D eigenvalue weighted by Gasteiger charge is 2.29. The summed E-state index contributed by atoms with van der Waals surface area (Å²) in [5, 5.41) is 12.0. The van der Waals surface area contributed by atoms with Gasteiger partial charge in [0.1, 0.15) is 18.0 Å². The van der Waals surface area contributed by atoms with E-state index in [2.05, 4.69) is 21.2 Å². The number of phenolic OH excluding ortho intramolecular Hbond substituents is 1. The predicted octanol–water partition coefficient (Wildman–Crippen LogP) is 5.65. The van der Waals surface area contributed by atoms with E-state index in [0.29, 0.717) is 0 Å². The van der Waals surface area contributed by atoms with Crippen LogP contribution < -0.4 is 5.32 Å². The first-order chi connectivity index (χ1) is 13.1. The quantitative estimate of drug-likeness (QED) is 0.530. The lowest BCUT2D eigenvalue weighted by Gasteiger charge is -2.15. The standard InChI is InChI=1S/C21H15BrFNO3/c22-17-9-10-18(25)20(19(17)23)24-21(26)27-11-16-14-7-3-1-5-12(14)13-6-2-4-8-15(13)16/h1-10,16,25H,11H2,(H,24,26). The van der Waals surface area contributed by atoms with Gasteiger partial charge >= 0.3 is 6.09 Å². The highest BCUT2D eigenvalue weighted by Crippen LogP contribution is 2.44. The van der Waals surface area contributed by atoms with Crippen LogP contribution in [-0.4, -0.2) is 17.8 Å². The maximum Gasteiger partial charge on any atom is 0.411 e. The molecule has 1 aliphatic carbocycles. The Bertz CT molecular complexity index is 992. The molecular weight excluding hydrogens is 413 g/mol. The van der Waals surface area contributed by atoms with Gasteiger partial charge in [0.15, 0.2) is 5.82 Å². The molecule has 0 atom stereocenters. The van der Waals surface area contributed by atoms with Crippen LogP contribution in [0.5, 0.6) is 5.75 Å². The number of rotatable bonds is 3. The normalized spacial score (nSPS) is 12.4. The molecule has 0 unspecified atom stereocenters. The molecule has 0 saturated heterocycles. The van der Waals surface area contributed by atoms with E-state index in [0.717, 1.165) is 22.3 Å². The Morgan fingerprint density at radius 1 is 1.04 bits per heavy atom. The lowest BCUT2D eigenvalue weighted by molar-refractivity contribution is 0.158. The third-order valence-corrected chi connectivity index (χ3v) is 5.26. The van der Waals surface area contributed by atoms with Gasteiger partial charge in [0.05, 0.1) is 4.47 Å². The zero-order chi connectivity index (χ0) is 19.0. The van der Waals surface area contributed by atoms with Crippen LogP contribution in [0, 0.1) is 5.82 Å². The van der Waals surface area contributed by atoms with Gasteiger partial charge in [-0.1, -0.05) is 48.5 Å². The summed E-state index contributed by atoms with van der Waals surface area (Å²) in [4.78, 5) is 12.2. The van der Waals surface area contributed by atoms with E-state index < -0.39 is 11.9 Å². The molecule has 0 aliphatic heterocycles. The summed E-state index contributed by atoms with van der Waals surface area (Å²) in [5.74, 6) is -1.23. The topological polar surface area (TPSA) is 58.6 Å². The number of carbonyl (C=O) groups excluding carboxylic acids is 1. The summed E-state index contributed by atoms with van der Waals surface area (Å²) in [5.41, 5.74) is 4.10. The molecule has 27 heavy (non-hydrogen) atoms. The smallest absolute Gasteiger partial charge is 0.411 e.